The van der Waals surface area contributed by atoms with Crippen LogP contribution in [0.5, 0.6) is 11.5 Å². The number of amides is 2. The van der Waals surface area contributed by atoms with Crippen molar-refractivity contribution in [3.8, 4) is 11.5 Å². The molecule has 2 heterocycles. The standard InChI is InChI=1S/C24H28N2O5/c1-29-19-5-2-4-17(12-19)14-26(15-21-6-3-11-30-21)24(28)16-31-20-8-9-22-18(13-20)7-10-23(27)25-22/h2,4-5,8-9,12-13,21H,3,6-7,10-11,14-16H2,1H3,(H,25,27). The van der Waals surface area contributed by atoms with E-state index >= 15 is 0 Å². The van der Waals surface area contributed by atoms with Gasteiger partial charge in [0.05, 0.1) is 13.2 Å². The molecule has 4 rings (SSSR count). The Hall–Kier alpha value is -3.06. The maximum absolute atomic E-state index is 13.1. The highest BCUT2D eigenvalue weighted by Crippen LogP contribution is 2.27. The molecule has 1 atom stereocenters. The molecule has 0 aromatic heterocycles. The molecule has 7 heteroatoms. The van der Waals surface area contributed by atoms with Crippen molar-refractivity contribution in [1.82, 2.24) is 4.90 Å². The summed E-state index contributed by atoms with van der Waals surface area (Å²) < 4.78 is 16.9. The van der Waals surface area contributed by atoms with Gasteiger partial charge in [0, 0.05) is 31.8 Å². The number of carbonyl (C=O) groups is 2. The van der Waals surface area contributed by atoms with Gasteiger partial charge >= 0.3 is 0 Å². The lowest BCUT2D eigenvalue weighted by molar-refractivity contribution is -0.135. The summed E-state index contributed by atoms with van der Waals surface area (Å²) in [7, 11) is 1.63. The summed E-state index contributed by atoms with van der Waals surface area (Å²) in [6, 6.07) is 13.2. The summed E-state index contributed by atoms with van der Waals surface area (Å²) in [6.07, 6.45) is 3.17. The molecule has 0 bridgehead atoms. The molecule has 2 amide bonds. The van der Waals surface area contributed by atoms with Gasteiger partial charge in [-0.25, -0.2) is 0 Å². The fourth-order valence-electron chi connectivity index (χ4n) is 3.97. The SMILES string of the molecule is COc1cccc(CN(CC2CCCO2)C(=O)COc2ccc3c(c2)CCC(=O)N3)c1. The Morgan fingerprint density at radius 2 is 2.10 bits per heavy atom. The highest BCUT2D eigenvalue weighted by Gasteiger charge is 2.23. The third-order valence-corrected chi connectivity index (χ3v) is 5.64. The van der Waals surface area contributed by atoms with Gasteiger partial charge in [0.1, 0.15) is 11.5 Å². The number of carbonyl (C=O) groups excluding carboxylic acids is 2. The lowest BCUT2D eigenvalue weighted by atomic mass is 10.0. The lowest BCUT2D eigenvalue weighted by Crippen LogP contribution is -2.39. The van der Waals surface area contributed by atoms with Crippen LogP contribution in [0.4, 0.5) is 5.69 Å². The van der Waals surface area contributed by atoms with Gasteiger partial charge in [0.2, 0.25) is 5.91 Å². The highest BCUT2D eigenvalue weighted by molar-refractivity contribution is 5.94. The van der Waals surface area contributed by atoms with E-state index in [0.717, 1.165) is 42.0 Å². The van der Waals surface area contributed by atoms with E-state index in [2.05, 4.69) is 5.32 Å². The van der Waals surface area contributed by atoms with Crippen molar-refractivity contribution in [2.75, 3.05) is 32.2 Å². The number of hydrogen-bond acceptors (Lipinski definition) is 5. The second kappa shape index (κ2) is 9.83. The number of rotatable bonds is 8. The third-order valence-electron chi connectivity index (χ3n) is 5.64. The quantitative estimate of drug-likeness (QED) is 0.704. The number of methoxy groups -OCH3 is 1. The Balaban J connectivity index is 1.41. The first-order valence-electron chi connectivity index (χ1n) is 10.7. The van der Waals surface area contributed by atoms with E-state index in [1.807, 2.05) is 36.4 Å². The molecule has 2 aromatic rings. The molecule has 1 N–H and O–H groups in total. The summed E-state index contributed by atoms with van der Waals surface area (Å²) in [4.78, 5) is 26.4. The Morgan fingerprint density at radius 1 is 1.19 bits per heavy atom. The van der Waals surface area contributed by atoms with Crippen LogP contribution in [0.25, 0.3) is 0 Å². The van der Waals surface area contributed by atoms with E-state index < -0.39 is 0 Å². The van der Waals surface area contributed by atoms with E-state index in [9.17, 15) is 9.59 Å². The summed E-state index contributed by atoms with van der Waals surface area (Å²) in [6.45, 7) is 1.70. The Bertz CT molecular complexity index is 939. The zero-order valence-corrected chi connectivity index (χ0v) is 17.8. The average molecular weight is 424 g/mol. The smallest absolute Gasteiger partial charge is 0.260 e. The molecule has 0 saturated carbocycles. The first kappa shape index (κ1) is 21.2. The molecular formula is C24H28N2O5. The predicted octanol–water partition coefficient (Wildman–Crippen LogP) is 3.17. The molecule has 31 heavy (non-hydrogen) atoms. The van der Waals surface area contributed by atoms with Crippen LogP contribution in [-0.2, 0) is 27.3 Å². The van der Waals surface area contributed by atoms with Crippen LogP contribution in [0, 0.1) is 0 Å². The molecular weight excluding hydrogens is 396 g/mol. The van der Waals surface area contributed by atoms with Gasteiger partial charge in [-0.3, -0.25) is 9.59 Å². The van der Waals surface area contributed by atoms with Gasteiger partial charge in [-0.1, -0.05) is 12.1 Å². The molecule has 1 fully saturated rings. The van der Waals surface area contributed by atoms with Crippen molar-refractivity contribution in [3.63, 3.8) is 0 Å². The van der Waals surface area contributed by atoms with E-state index in [1.165, 1.54) is 0 Å². The van der Waals surface area contributed by atoms with Gasteiger partial charge in [-0.15, -0.1) is 0 Å². The van der Waals surface area contributed by atoms with Gasteiger partial charge in [0.25, 0.3) is 5.91 Å². The van der Waals surface area contributed by atoms with Crippen molar-refractivity contribution in [2.45, 2.75) is 38.3 Å². The minimum Gasteiger partial charge on any atom is -0.497 e. The molecule has 0 radical (unpaired) electrons. The number of anilines is 1. The Labute approximate surface area is 182 Å². The number of nitrogens with zero attached hydrogens (tertiary/aromatic N) is 1. The van der Waals surface area contributed by atoms with E-state index in [1.54, 1.807) is 18.1 Å². The van der Waals surface area contributed by atoms with Crippen LogP contribution >= 0.6 is 0 Å². The number of fused-ring (bicyclic) bond motifs is 1. The second-order valence-corrected chi connectivity index (χ2v) is 7.92. The molecule has 2 aliphatic heterocycles. The molecule has 1 saturated heterocycles. The number of benzene rings is 2. The summed E-state index contributed by atoms with van der Waals surface area (Å²) in [5.41, 5.74) is 2.83. The fraction of sp³-hybridized carbons (Fsp3) is 0.417. The van der Waals surface area contributed by atoms with Crippen LogP contribution in [0.1, 0.15) is 30.4 Å². The monoisotopic (exact) mass is 424 g/mol. The normalized spacial score (nSPS) is 17.6. The maximum Gasteiger partial charge on any atom is 0.260 e. The van der Waals surface area contributed by atoms with Gasteiger partial charge in [-0.05, 0) is 60.7 Å². The first-order chi connectivity index (χ1) is 15.1. The first-order valence-corrected chi connectivity index (χ1v) is 10.7. The predicted molar refractivity (Wildman–Crippen MR) is 116 cm³/mol. The van der Waals surface area contributed by atoms with Crippen LogP contribution in [-0.4, -0.2) is 49.7 Å². The largest absolute Gasteiger partial charge is 0.497 e. The van der Waals surface area contributed by atoms with Gasteiger partial charge in [-0.2, -0.15) is 0 Å². The van der Waals surface area contributed by atoms with Gasteiger partial charge < -0.3 is 24.4 Å². The number of hydrogen-bond donors (Lipinski definition) is 1. The van der Waals surface area contributed by atoms with Crippen molar-refractivity contribution in [2.24, 2.45) is 0 Å². The van der Waals surface area contributed by atoms with Crippen LogP contribution in [0.2, 0.25) is 0 Å². The summed E-state index contributed by atoms with van der Waals surface area (Å²) in [5, 5.41) is 2.85. The van der Waals surface area contributed by atoms with Crippen molar-refractivity contribution >= 4 is 17.5 Å². The van der Waals surface area contributed by atoms with Crippen LogP contribution < -0.4 is 14.8 Å². The summed E-state index contributed by atoms with van der Waals surface area (Å²) >= 11 is 0. The lowest BCUT2D eigenvalue weighted by Gasteiger charge is -2.26. The van der Waals surface area contributed by atoms with Crippen molar-refractivity contribution in [1.29, 1.82) is 0 Å². The molecule has 2 aliphatic rings. The second-order valence-electron chi connectivity index (χ2n) is 7.92. The number of aryl methyl sites for hydroxylation is 1. The average Bonchev–Trinajstić information content (AvgIpc) is 3.30. The Kier molecular flexibility index (Phi) is 6.72. The molecule has 0 aliphatic carbocycles. The minimum atomic E-state index is -0.0932. The van der Waals surface area contributed by atoms with Crippen molar-refractivity contribution in [3.05, 3.63) is 53.6 Å². The summed E-state index contributed by atoms with van der Waals surface area (Å²) in [5.74, 6) is 1.32. The van der Waals surface area contributed by atoms with Gasteiger partial charge in [0.15, 0.2) is 6.61 Å². The topological polar surface area (TPSA) is 77.1 Å². The van der Waals surface area contributed by atoms with Crippen LogP contribution in [0.15, 0.2) is 42.5 Å². The molecule has 7 nitrogen and oxygen atoms in total. The maximum atomic E-state index is 13.1. The Morgan fingerprint density at radius 3 is 2.90 bits per heavy atom. The van der Waals surface area contributed by atoms with E-state index in [4.69, 9.17) is 14.2 Å². The molecule has 164 valence electrons. The van der Waals surface area contributed by atoms with Crippen molar-refractivity contribution < 1.29 is 23.8 Å². The number of ether oxygens (including phenoxy) is 3. The fourth-order valence-corrected chi connectivity index (χ4v) is 3.97. The van der Waals surface area contributed by atoms with Crippen LogP contribution in [0.3, 0.4) is 0 Å². The van der Waals surface area contributed by atoms with E-state index in [0.29, 0.717) is 31.7 Å². The molecule has 2 aromatic carbocycles. The highest BCUT2D eigenvalue weighted by atomic mass is 16.5. The molecule has 1 unspecified atom stereocenters. The zero-order chi connectivity index (χ0) is 21.6. The minimum absolute atomic E-state index is 0.0265. The van der Waals surface area contributed by atoms with E-state index in [-0.39, 0.29) is 24.5 Å². The number of nitrogens with one attached hydrogen (secondary N) is 1. The third kappa shape index (κ3) is 5.55. The molecule has 0 spiro atoms. The zero-order valence-electron chi connectivity index (χ0n) is 17.8.